The van der Waals surface area contributed by atoms with Gasteiger partial charge in [0.05, 0.1) is 0 Å². The molecule has 0 saturated heterocycles. The lowest BCUT2D eigenvalue weighted by Gasteiger charge is -2.13. The summed E-state index contributed by atoms with van der Waals surface area (Å²) in [5.74, 6) is -0.0510. The topological polar surface area (TPSA) is 38.3 Å². The van der Waals surface area contributed by atoms with E-state index < -0.39 is 0 Å². The Kier molecular flexibility index (Phi) is 5.49. The number of carbonyl (C=O) groups is 1. The van der Waals surface area contributed by atoms with Crippen LogP contribution in [-0.2, 0) is 4.74 Å². The summed E-state index contributed by atoms with van der Waals surface area (Å²) in [4.78, 5) is 11.8. The van der Waals surface area contributed by atoms with Crippen molar-refractivity contribution < 1.29 is 9.53 Å². The van der Waals surface area contributed by atoms with Crippen LogP contribution in [0, 0.1) is 0 Å². The zero-order valence-electron chi connectivity index (χ0n) is 9.50. The van der Waals surface area contributed by atoms with Crippen molar-refractivity contribution in [2.75, 3.05) is 13.7 Å². The third-order valence-electron chi connectivity index (χ3n) is 2.22. The fourth-order valence-corrected chi connectivity index (χ4v) is 1.70. The molecule has 0 fully saturated rings. The number of hydrogen-bond acceptors (Lipinski definition) is 2. The average Bonchev–Trinajstić information content (AvgIpc) is 2.26. The van der Waals surface area contributed by atoms with Crippen LogP contribution in [0.25, 0.3) is 0 Å². The van der Waals surface area contributed by atoms with E-state index in [1.165, 1.54) is 0 Å². The predicted molar refractivity (Wildman–Crippen MR) is 67.6 cm³/mol. The van der Waals surface area contributed by atoms with Gasteiger partial charge >= 0.3 is 0 Å². The second kappa shape index (κ2) is 6.66. The Morgan fingerprint density at radius 2 is 2.31 bits per heavy atom. The maximum absolute atomic E-state index is 11.8. The van der Waals surface area contributed by atoms with Crippen molar-refractivity contribution in [3.05, 3.63) is 34.3 Å². The minimum Gasteiger partial charge on any atom is -0.385 e. The van der Waals surface area contributed by atoms with Crippen molar-refractivity contribution in [1.29, 1.82) is 0 Å². The van der Waals surface area contributed by atoms with E-state index in [2.05, 4.69) is 21.2 Å². The molecule has 0 aliphatic carbocycles. The lowest BCUT2D eigenvalue weighted by atomic mass is 10.2. The summed E-state index contributed by atoms with van der Waals surface area (Å²) in [5.41, 5.74) is 0.665. The Bertz CT molecular complexity index is 355. The molecule has 1 rings (SSSR count). The predicted octanol–water partition coefficient (Wildman–Crippen LogP) is 2.60. The van der Waals surface area contributed by atoms with E-state index in [4.69, 9.17) is 4.74 Å². The number of hydrogen-bond donors (Lipinski definition) is 1. The fraction of sp³-hybridized carbons (Fsp3) is 0.417. The highest BCUT2D eigenvalue weighted by Crippen LogP contribution is 2.11. The van der Waals surface area contributed by atoms with Crippen LogP contribution in [0.1, 0.15) is 23.7 Å². The van der Waals surface area contributed by atoms with Crippen LogP contribution < -0.4 is 5.32 Å². The Morgan fingerprint density at radius 3 is 2.94 bits per heavy atom. The van der Waals surface area contributed by atoms with Gasteiger partial charge in [-0.05, 0) is 31.5 Å². The van der Waals surface area contributed by atoms with Crippen LogP contribution in [0.15, 0.2) is 28.7 Å². The molecule has 1 aromatic carbocycles. The minimum absolute atomic E-state index is 0.0510. The van der Waals surface area contributed by atoms with Crippen LogP contribution >= 0.6 is 15.9 Å². The first-order valence-corrected chi connectivity index (χ1v) is 5.98. The van der Waals surface area contributed by atoms with Crippen LogP contribution in [-0.4, -0.2) is 25.7 Å². The first-order valence-electron chi connectivity index (χ1n) is 5.19. The fourth-order valence-electron chi connectivity index (χ4n) is 1.30. The van der Waals surface area contributed by atoms with E-state index in [-0.39, 0.29) is 11.9 Å². The highest BCUT2D eigenvalue weighted by atomic mass is 79.9. The normalized spacial score (nSPS) is 12.2. The molecule has 0 aromatic heterocycles. The molecule has 0 aliphatic rings. The molecule has 1 aromatic rings. The number of ether oxygens (including phenoxy) is 1. The van der Waals surface area contributed by atoms with Gasteiger partial charge in [0.15, 0.2) is 0 Å². The van der Waals surface area contributed by atoms with Gasteiger partial charge in [0, 0.05) is 29.8 Å². The summed E-state index contributed by atoms with van der Waals surface area (Å²) in [6.45, 7) is 2.62. The largest absolute Gasteiger partial charge is 0.385 e. The molecule has 0 saturated carbocycles. The van der Waals surface area contributed by atoms with Gasteiger partial charge in [0.2, 0.25) is 0 Å². The van der Waals surface area contributed by atoms with Crippen LogP contribution in [0.5, 0.6) is 0 Å². The maximum atomic E-state index is 11.8. The molecule has 0 heterocycles. The number of rotatable bonds is 5. The molecule has 0 aliphatic heterocycles. The van der Waals surface area contributed by atoms with Crippen LogP contribution in [0.4, 0.5) is 0 Å². The highest BCUT2D eigenvalue weighted by molar-refractivity contribution is 9.10. The van der Waals surface area contributed by atoms with Crippen LogP contribution in [0.2, 0.25) is 0 Å². The molecule has 0 spiro atoms. The van der Waals surface area contributed by atoms with Crippen molar-refractivity contribution >= 4 is 21.8 Å². The van der Waals surface area contributed by atoms with Crippen molar-refractivity contribution in [3.8, 4) is 0 Å². The number of amides is 1. The zero-order valence-corrected chi connectivity index (χ0v) is 11.1. The van der Waals surface area contributed by atoms with Gasteiger partial charge in [-0.15, -0.1) is 0 Å². The molecule has 16 heavy (non-hydrogen) atoms. The molecule has 88 valence electrons. The van der Waals surface area contributed by atoms with E-state index in [1.807, 2.05) is 19.1 Å². The van der Waals surface area contributed by atoms with Gasteiger partial charge in [-0.3, -0.25) is 4.79 Å². The first-order chi connectivity index (χ1) is 7.63. The van der Waals surface area contributed by atoms with Crippen molar-refractivity contribution in [2.24, 2.45) is 0 Å². The zero-order chi connectivity index (χ0) is 12.0. The lowest BCUT2D eigenvalue weighted by molar-refractivity contribution is 0.0929. The van der Waals surface area contributed by atoms with Crippen LogP contribution in [0.3, 0.4) is 0 Å². The van der Waals surface area contributed by atoms with Gasteiger partial charge in [-0.25, -0.2) is 0 Å². The molecule has 0 radical (unpaired) electrons. The second-order valence-corrected chi connectivity index (χ2v) is 4.58. The second-order valence-electron chi connectivity index (χ2n) is 3.67. The Hall–Kier alpha value is -0.870. The maximum Gasteiger partial charge on any atom is 0.251 e. The Morgan fingerprint density at radius 1 is 1.56 bits per heavy atom. The quantitative estimate of drug-likeness (QED) is 0.903. The summed E-state index contributed by atoms with van der Waals surface area (Å²) < 4.78 is 5.87. The van der Waals surface area contributed by atoms with E-state index in [0.717, 1.165) is 10.9 Å². The van der Waals surface area contributed by atoms with Gasteiger partial charge < -0.3 is 10.1 Å². The smallest absolute Gasteiger partial charge is 0.251 e. The van der Waals surface area contributed by atoms with E-state index in [9.17, 15) is 4.79 Å². The molecular weight excluding hydrogens is 270 g/mol. The van der Waals surface area contributed by atoms with E-state index in [1.54, 1.807) is 19.2 Å². The molecule has 1 N–H and O–H groups in total. The third-order valence-corrected chi connectivity index (χ3v) is 2.71. The molecule has 0 bridgehead atoms. The monoisotopic (exact) mass is 285 g/mol. The van der Waals surface area contributed by atoms with Gasteiger partial charge in [0.25, 0.3) is 5.91 Å². The third kappa shape index (κ3) is 4.33. The summed E-state index contributed by atoms with van der Waals surface area (Å²) >= 11 is 3.34. The van der Waals surface area contributed by atoms with Crippen molar-refractivity contribution in [3.63, 3.8) is 0 Å². The molecule has 1 amide bonds. The number of methoxy groups -OCH3 is 1. The molecule has 1 unspecified atom stereocenters. The number of benzene rings is 1. The first kappa shape index (κ1) is 13.2. The summed E-state index contributed by atoms with van der Waals surface area (Å²) in [7, 11) is 1.66. The SMILES string of the molecule is COCCC(C)NC(=O)c1cccc(Br)c1. The van der Waals surface area contributed by atoms with Crippen molar-refractivity contribution in [1.82, 2.24) is 5.32 Å². The molecule has 3 nitrogen and oxygen atoms in total. The van der Waals surface area contributed by atoms with Gasteiger partial charge in [-0.2, -0.15) is 0 Å². The Labute approximate surface area is 104 Å². The van der Waals surface area contributed by atoms with Gasteiger partial charge in [0.1, 0.15) is 0 Å². The number of nitrogens with one attached hydrogen (secondary N) is 1. The lowest BCUT2D eigenvalue weighted by Crippen LogP contribution is -2.33. The number of halogens is 1. The van der Waals surface area contributed by atoms with Gasteiger partial charge in [-0.1, -0.05) is 22.0 Å². The Balaban J connectivity index is 2.52. The van der Waals surface area contributed by atoms with Crippen molar-refractivity contribution in [2.45, 2.75) is 19.4 Å². The van der Waals surface area contributed by atoms with E-state index in [0.29, 0.717) is 12.2 Å². The van der Waals surface area contributed by atoms with E-state index >= 15 is 0 Å². The summed E-state index contributed by atoms with van der Waals surface area (Å²) in [5, 5.41) is 2.92. The molecule has 4 heteroatoms. The highest BCUT2D eigenvalue weighted by Gasteiger charge is 2.09. The number of carbonyl (C=O) groups excluding carboxylic acids is 1. The summed E-state index contributed by atoms with van der Waals surface area (Å²) in [6, 6.07) is 7.46. The molecular formula is C12H16BrNO2. The standard InChI is InChI=1S/C12H16BrNO2/c1-9(6-7-16-2)14-12(15)10-4-3-5-11(13)8-10/h3-5,8-9H,6-7H2,1-2H3,(H,14,15). The molecule has 1 atom stereocenters. The summed E-state index contributed by atoms with van der Waals surface area (Å²) in [6.07, 6.45) is 0.816. The average molecular weight is 286 g/mol. The minimum atomic E-state index is -0.0510.